The van der Waals surface area contributed by atoms with Crippen LogP contribution in [0.3, 0.4) is 0 Å². The molecule has 1 aliphatic heterocycles. The van der Waals surface area contributed by atoms with Gasteiger partial charge >= 0.3 is 11.7 Å². The highest BCUT2D eigenvalue weighted by atomic mass is 16.4. The molecule has 3 aromatic rings. The molecule has 4 rings (SSSR count). The van der Waals surface area contributed by atoms with Crippen LogP contribution in [0.25, 0.3) is 11.0 Å². The SMILES string of the molecule is CCc1ccc2c(CN3C(=O)N[C@](C)(c4ccc(C)cc4)C3=O)cc(=O)oc2c1. The van der Waals surface area contributed by atoms with E-state index in [4.69, 9.17) is 4.42 Å². The first kappa shape index (κ1) is 18.9. The molecule has 6 heteroatoms. The predicted octanol–water partition coefficient (Wildman–Crippen LogP) is 3.63. The van der Waals surface area contributed by atoms with Gasteiger partial charge in [-0.15, -0.1) is 0 Å². The predicted molar refractivity (Wildman–Crippen MR) is 109 cm³/mol. The average molecular weight is 390 g/mol. The third kappa shape index (κ3) is 3.20. The largest absolute Gasteiger partial charge is 0.423 e. The number of hydrogen-bond donors (Lipinski definition) is 1. The van der Waals surface area contributed by atoms with Crippen molar-refractivity contribution in [3.63, 3.8) is 0 Å². The van der Waals surface area contributed by atoms with Crippen LogP contribution in [0.4, 0.5) is 4.79 Å². The molecule has 2 aromatic carbocycles. The fraction of sp³-hybridized carbons (Fsp3) is 0.261. The lowest BCUT2D eigenvalue weighted by Crippen LogP contribution is -2.40. The van der Waals surface area contributed by atoms with Crippen LogP contribution in [0, 0.1) is 6.92 Å². The molecule has 2 heterocycles. The molecule has 29 heavy (non-hydrogen) atoms. The van der Waals surface area contributed by atoms with Crippen molar-refractivity contribution >= 4 is 22.9 Å². The number of urea groups is 1. The molecule has 1 aromatic heterocycles. The molecule has 1 N–H and O–H groups in total. The van der Waals surface area contributed by atoms with Crippen LogP contribution in [0.1, 0.15) is 36.1 Å². The van der Waals surface area contributed by atoms with E-state index in [0.717, 1.165) is 22.4 Å². The van der Waals surface area contributed by atoms with Crippen molar-refractivity contribution in [3.05, 3.63) is 81.2 Å². The Hall–Kier alpha value is -3.41. The highest BCUT2D eigenvalue weighted by molar-refractivity contribution is 6.07. The first-order chi connectivity index (χ1) is 13.8. The topological polar surface area (TPSA) is 79.6 Å². The van der Waals surface area contributed by atoms with Gasteiger partial charge in [0.2, 0.25) is 0 Å². The molecule has 0 bridgehead atoms. The quantitative estimate of drug-likeness (QED) is 0.545. The molecular weight excluding hydrogens is 368 g/mol. The molecule has 148 valence electrons. The first-order valence-corrected chi connectivity index (χ1v) is 9.59. The summed E-state index contributed by atoms with van der Waals surface area (Å²) in [6.45, 7) is 5.67. The minimum Gasteiger partial charge on any atom is -0.423 e. The molecule has 1 atom stereocenters. The van der Waals surface area contributed by atoms with Crippen LogP contribution in [0.5, 0.6) is 0 Å². The third-order valence-electron chi connectivity index (χ3n) is 5.54. The van der Waals surface area contributed by atoms with E-state index >= 15 is 0 Å². The zero-order valence-electron chi connectivity index (χ0n) is 16.6. The van der Waals surface area contributed by atoms with E-state index < -0.39 is 17.2 Å². The van der Waals surface area contributed by atoms with Crippen LogP contribution in [-0.2, 0) is 23.3 Å². The number of nitrogens with one attached hydrogen (secondary N) is 1. The van der Waals surface area contributed by atoms with Crippen LogP contribution >= 0.6 is 0 Å². The van der Waals surface area contributed by atoms with Crippen molar-refractivity contribution in [1.82, 2.24) is 10.2 Å². The molecule has 0 spiro atoms. The number of nitrogens with zero attached hydrogens (tertiary/aromatic N) is 1. The molecular formula is C23H22N2O4. The van der Waals surface area contributed by atoms with Gasteiger partial charge in [-0.3, -0.25) is 9.69 Å². The summed E-state index contributed by atoms with van der Waals surface area (Å²) in [5, 5.41) is 3.52. The Morgan fingerprint density at radius 3 is 2.45 bits per heavy atom. The normalized spacial score (nSPS) is 19.1. The summed E-state index contributed by atoms with van der Waals surface area (Å²) < 4.78 is 5.32. The second-order valence-electron chi connectivity index (χ2n) is 7.59. The molecule has 3 amide bonds. The van der Waals surface area contributed by atoms with Crippen LogP contribution in [-0.4, -0.2) is 16.8 Å². The van der Waals surface area contributed by atoms with Gasteiger partial charge in [-0.1, -0.05) is 48.9 Å². The van der Waals surface area contributed by atoms with Gasteiger partial charge in [0.15, 0.2) is 0 Å². The Bertz CT molecular complexity index is 1180. The lowest BCUT2D eigenvalue weighted by molar-refractivity contribution is -0.131. The van der Waals surface area contributed by atoms with Crippen molar-refractivity contribution in [2.45, 2.75) is 39.3 Å². The molecule has 6 nitrogen and oxygen atoms in total. The van der Waals surface area contributed by atoms with Gasteiger partial charge in [0.25, 0.3) is 5.91 Å². The monoisotopic (exact) mass is 390 g/mol. The van der Waals surface area contributed by atoms with E-state index in [1.165, 1.54) is 6.07 Å². The minimum atomic E-state index is -1.14. The maximum absolute atomic E-state index is 13.2. The number of carbonyl (C=O) groups excluding carboxylic acids is 2. The van der Waals surface area contributed by atoms with Gasteiger partial charge < -0.3 is 9.73 Å². The number of amides is 3. The van der Waals surface area contributed by atoms with E-state index in [2.05, 4.69) is 5.32 Å². The number of carbonyl (C=O) groups is 2. The number of aryl methyl sites for hydroxylation is 2. The molecule has 0 radical (unpaired) electrons. The van der Waals surface area contributed by atoms with E-state index in [0.29, 0.717) is 22.1 Å². The minimum absolute atomic E-state index is 0.000308. The third-order valence-corrected chi connectivity index (χ3v) is 5.54. The molecule has 1 aliphatic rings. The average Bonchev–Trinajstić information content (AvgIpc) is 2.91. The Balaban J connectivity index is 1.71. The molecule has 0 aliphatic carbocycles. The van der Waals surface area contributed by atoms with Crippen LogP contribution in [0.2, 0.25) is 0 Å². The number of rotatable bonds is 4. The Labute approximate surface area is 168 Å². The highest BCUT2D eigenvalue weighted by Gasteiger charge is 2.48. The zero-order valence-corrected chi connectivity index (χ0v) is 16.6. The molecule has 1 fully saturated rings. The van der Waals surface area contributed by atoms with Gasteiger partial charge in [0.1, 0.15) is 11.1 Å². The molecule has 0 saturated carbocycles. The Morgan fingerprint density at radius 1 is 1.03 bits per heavy atom. The maximum Gasteiger partial charge on any atom is 0.336 e. The van der Waals surface area contributed by atoms with Crippen LogP contribution in [0.15, 0.2) is 57.7 Å². The highest BCUT2D eigenvalue weighted by Crippen LogP contribution is 2.31. The van der Waals surface area contributed by atoms with Gasteiger partial charge in [-0.25, -0.2) is 9.59 Å². The number of imide groups is 1. The number of benzene rings is 2. The van der Waals surface area contributed by atoms with Crippen LogP contribution < -0.4 is 10.9 Å². The fourth-order valence-electron chi connectivity index (χ4n) is 3.72. The number of fused-ring (bicyclic) bond motifs is 1. The molecule has 0 unspecified atom stereocenters. The Kier molecular flexibility index (Phi) is 4.49. The van der Waals surface area contributed by atoms with E-state index in [1.807, 2.05) is 56.3 Å². The lowest BCUT2D eigenvalue weighted by Gasteiger charge is -2.22. The van der Waals surface area contributed by atoms with Crippen molar-refractivity contribution in [1.29, 1.82) is 0 Å². The molecule has 1 saturated heterocycles. The zero-order chi connectivity index (χ0) is 20.8. The van der Waals surface area contributed by atoms with Gasteiger partial charge in [0, 0.05) is 11.5 Å². The lowest BCUT2D eigenvalue weighted by atomic mass is 9.91. The summed E-state index contributed by atoms with van der Waals surface area (Å²) in [6.07, 6.45) is 0.811. The summed E-state index contributed by atoms with van der Waals surface area (Å²) in [4.78, 5) is 39.1. The van der Waals surface area contributed by atoms with E-state index in [9.17, 15) is 14.4 Å². The van der Waals surface area contributed by atoms with E-state index in [1.54, 1.807) is 6.92 Å². The second kappa shape index (κ2) is 6.88. The number of hydrogen-bond acceptors (Lipinski definition) is 4. The second-order valence-corrected chi connectivity index (χ2v) is 7.59. The van der Waals surface area contributed by atoms with Crippen molar-refractivity contribution in [2.75, 3.05) is 0 Å². The van der Waals surface area contributed by atoms with E-state index in [-0.39, 0.29) is 12.5 Å². The summed E-state index contributed by atoms with van der Waals surface area (Å²) in [5.74, 6) is -0.349. The summed E-state index contributed by atoms with van der Waals surface area (Å²) >= 11 is 0. The van der Waals surface area contributed by atoms with Gasteiger partial charge in [-0.05, 0) is 43.0 Å². The summed E-state index contributed by atoms with van der Waals surface area (Å²) in [7, 11) is 0. The summed E-state index contributed by atoms with van der Waals surface area (Å²) in [6, 6.07) is 14.0. The fourth-order valence-corrected chi connectivity index (χ4v) is 3.72. The van der Waals surface area contributed by atoms with Crippen molar-refractivity contribution < 1.29 is 14.0 Å². The first-order valence-electron chi connectivity index (χ1n) is 9.59. The van der Waals surface area contributed by atoms with Crippen molar-refractivity contribution in [2.24, 2.45) is 0 Å². The van der Waals surface area contributed by atoms with Gasteiger partial charge in [0.05, 0.1) is 6.54 Å². The standard InChI is InChI=1S/C23H22N2O4/c1-4-15-7-10-18-16(12-20(26)29-19(18)11-15)13-25-21(27)23(3,24-22(25)28)17-8-5-14(2)6-9-17/h5-12H,4,13H2,1-3H3,(H,24,28)/t23-/m1/s1. The smallest absolute Gasteiger partial charge is 0.336 e. The summed E-state index contributed by atoms with van der Waals surface area (Å²) in [5.41, 5.74) is 2.22. The van der Waals surface area contributed by atoms with Crippen molar-refractivity contribution in [3.8, 4) is 0 Å². The maximum atomic E-state index is 13.2. The van der Waals surface area contributed by atoms with Gasteiger partial charge in [-0.2, -0.15) is 0 Å². The Morgan fingerprint density at radius 2 is 1.76 bits per heavy atom.